The van der Waals surface area contributed by atoms with Gasteiger partial charge in [0.2, 0.25) is 0 Å². The van der Waals surface area contributed by atoms with Crippen LogP contribution in [-0.2, 0) is 15.1 Å². The second-order valence-electron chi connectivity index (χ2n) is 11.6. The van der Waals surface area contributed by atoms with E-state index in [2.05, 4.69) is 51.9 Å². The smallest absolute Gasteiger partial charge is 0.250 e. The van der Waals surface area contributed by atoms with Gasteiger partial charge in [0, 0.05) is 34.8 Å². The van der Waals surface area contributed by atoms with Crippen LogP contribution < -0.4 is 15.4 Å². The molecule has 6 heteroatoms. The number of carbonyl (C=O) groups excluding carboxylic acids is 2. The Morgan fingerprint density at radius 2 is 1.68 bits per heavy atom. The number of methoxy groups -OCH3 is 1. The van der Waals surface area contributed by atoms with E-state index in [1.807, 2.05) is 36.4 Å². The van der Waals surface area contributed by atoms with E-state index in [4.69, 9.17) is 4.74 Å². The summed E-state index contributed by atoms with van der Waals surface area (Å²) >= 11 is 0. The molecular formula is C32H31N3O3. The Morgan fingerprint density at radius 1 is 0.921 bits per heavy atom. The molecule has 192 valence electrons. The topological polar surface area (TPSA) is 70.7 Å². The molecule has 3 fully saturated rings. The van der Waals surface area contributed by atoms with E-state index in [1.54, 1.807) is 7.11 Å². The highest BCUT2D eigenvalue weighted by Gasteiger charge is 2.78. The summed E-state index contributed by atoms with van der Waals surface area (Å²) in [5, 5.41) is 6.85. The van der Waals surface area contributed by atoms with Gasteiger partial charge in [-0.2, -0.15) is 0 Å². The summed E-state index contributed by atoms with van der Waals surface area (Å²) in [6.45, 7) is 0.815. The first kappa shape index (κ1) is 22.4. The van der Waals surface area contributed by atoms with Gasteiger partial charge >= 0.3 is 0 Å². The van der Waals surface area contributed by atoms with Gasteiger partial charge in [0.15, 0.2) is 5.78 Å². The quantitative estimate of drug-likeness (QED) is 0.511. The number of carbonyl (C=O) groups is 2. The summed E-state index contributed by atoms with van der Waals surface area (Å²) in [7, 11) is 1.67. The largest absolute Gasteiger partial charge is 0.497 e. The molecule has 2 spiro atoms. The highest BCUT2D eigenvalue weighted by atomic mass is 16.5. The normalized spacial score (nSPS) is 34.6. The third kappa shape index (κ3) is 2.48. The van der Waals surface area contributed by atoms with Gasteiger partial charge in [0.05, 0.1) is 18.6 Å². The minimum atomic E-state index is -1.02. The molecule has 0 aromatic heterocycles. The Balaban J connectivity index is 1.38. The lowest BCUT2D eigenvalue weighted by atomic mass is 9.51. The third-order valence-corrected chi connectivity index (χ3v) is 10.3. The molecule has 3 unspecified atom stereocenters. The third-order valence-electron chi connectivity index (χ3n) is 10.3. The molecule has 2 saturated heterocycles. The van der Waals surface area contributed by atoms with Crippen LogP contribution in [0.2, 0.25) is 0 Å². The number of benzene rings is 3. The summed E-state index contributed by atoms with van der Waals surface area (Å²) in [4.78, 5) is 32.1. The number of nitrogens with zero attached hydrogens (tertiary/aromatic N) is 1. The number of para-hydroxylation sites is 2. The Bertz CT molecular complexity index is 1490. The van der Waals surface area contributed by atoms with Crippen LogP contribution in [-0.4, -0.2) is 42.3 Å². The highest BCUT2D eigenvalue weighted by Crippen LogP contribution is 2.71. The molecule has 8 rings (SSSR count). The van der Waals surface area contributed by atoms with Gasteiger partial charge in [-0.15, -0.1) is 0 Å². The van der Waals surface area contributed by atoms with E-state index in [9.17, 15) is 4.79 Å². The lowest BCUT2D eigenvalue weighted by molar-refractivity contribution is -0.150. The van der Waals surface area contributed by atoms with Crippen molar-refractivity contribution in [1.29, 1.82) is 0 Å². The van der Waals surface area contributed by atoms with Crippen LogP contribution in [0.5, 0.6) is 5.75 Å². The van der Waals surface area contributed by atoms with Crippen molar-refractivity contribution < 1.29 is 14.3 Å². The molecule has 4 aliphatic heterocycles. The SMILES string of the molecule is COc1ccc([C@H]2C3CCCN3[C@@]3(C(=O)Nc4ccccc43)[C@]23CCC2c4ccccc4NC2C3=O)cc1. The molecule has 1 aliphatic carbocycles. The van der Waals surface area contributed by atoms with Crippen LogP contribution in [0.4, 0.5) is 11.4 Å². The first-order valence-corrected chi connectivity index (χ1v) is 13.8. The second kappa shape index (κ2) is 7.70. The van der Waals surface area contributed by atoms with Crippen LogP contribution in [0.25, 0.3) is 0 Å². The minimum absolute atomic E-state index is 0.0380. The summed E-state index contributed by atoms with van der Waals surface area (Å²) in [5.74, 6) is 0.987. The monoisotopic (exact) mass is 505 g/mol. The molecule has 3 aromatic rings. The molecule has 1 amide bonds. The Morgan fingerprint density at radius 3 is 2.50 bits per heavy atom. The number of ether oxygens (including phenoxy) is 1. The fraction of sp³-hybridized carbons (Fsp3) is 0.375. The van der Waals surface area contributed by atoms with E-state index in [1.165, 1.54) is 5.56 Å². The molecule has 5 aliphatic rings. The zero-order valence-corrected chi connectivity index (χ0v) is 21.4. The molecule has 38 heavy (non-hydrogen) atoms. The zero-order chi connectivity index (χ0) is 25.6. The second-order valence-corrected chi connectivity index (χ2v) is 11.6. The standard InChI is InChI=1S/C32H31N3O3/c1-38-20-14-12-19(13-15-20)27-26-11-6-18-35(26)32(23-8-3-5-10-25(23)34-30(32)37)31(27)17-16-22-21-7-2-4-9-24(21)33-28(22)29(31)36/h2-5,7-10,12-15,22,26-28,33H,6,11,16-18H2,1H3,(H,34,37)/t22?,26?,27-,28?,31+,32-/m0/s1. The maximum absolute atomic E-state index is 15.3. The first-order valence-electron chi connectivity index (χ1n) is 13.8. The fourth-order valence-corrected chi connectivity index (χ4v) is 9.08. The van der Waals surface area contributed by atoms with Crippen LogP contribution in [0.1, 0.15) is 54.2 Å². The fourth-order valence-electron chi connectivity index (χ4n) is 9.08. The van der Waals surface area contributed by atoms with Gasteiger partial charge in [0.1, 0.15) is 11.3 Å². The Hall–Kier alpha value is -3.64. The van der Waals surface area contributed by atoms with Gasteiger partial charge in [-0.25, -0.2) is 0 Å². The van der Waals surface area contributed by atoms with Crippen molar-refractivity contribution in [2.45, 2.75) is 55.1 Å². The highest BCUT2D eigenvalue weighted by molar-refractivity contribution is 6.13. The number of rotatable bonds is 2. The van der Waals surface area contributed by atoms with Crippen LogP contribution in [0.3, 0.4) is 0 Å². The molecule has 4 heterocycles. The predicted molar refractivity (Wildman–Crippen MR) is 145 cm³/mol. The summed E-state index contributed by atoms with van der Waals surface area (Å²) in [6, 6.07) is 24.4. The number of hydrogen-bond donors (Lipinski definition) is 2. The van der Waals surface area contributed by atoms with Crippen LogP contribution in [0, 0.1) is 5.41 Å². The van der Waals surface area contributed by atoms with Gasteiger partial charge in [-0.05, 0) is 67.6 Å². The number of nitrogens with one attached hydrogen (secondary N) is 2. The number of fused-ring (bicyclic) bond motifs is 8. The number of ketones is 1. The minimum Gasteiger partial charge on any atom is -0.497 e. The molecule has 6 atom stereocenters. The van der Waals surface area contributed by atoms with Crippen molar-refractivity contribution >= 4 is 23.1 Å². The maximum atomic E-state index is 15.3. The van der Waals surface area contributed by atoms with Crippen molar-refractivity contribution in [3.8, 4) is 5.75 Å². The van der Waals surface area contributed by atoms with E-state index in [-0.39, 0.29) is 35.6 Å². The van der Waals surface area contributed by atoms with E-state index in [0.29, 0.717) is 6.42 Å². The van der Waals surface area contributed by atoms with Crippen molar-refractivity contribution in [3.05, 3.63) is 89.5 Å². The summed E-state index contributed by atoms with van der Waals surface area (Å²) in [6.07, 6.45) is 3.54. The first-order chi connectivity index (χ1) is 18.6. The summed E-state index contributed by atoms with van der Waals surface area (Å²) in [5.41, 5.74) is 3.31. The lowest BCUT2D eigenvalue weighted by Crippen LogP contribution is -2.64. The van der Waals surface area contributed by atoms with Gasteiger partial charge in [-0.3, -0.25) is 14.5 Å². The van der Waals surface area contributed by atoms with Crippen molar-refractivity contribution in [1.82, 2.24) is 4.90 Å². The molecule has 0 radical (unpaired) electrons. The van der Waals surface area contributed by atoms with Crippen LogP contribution in [0.15, 0.2) is 72.8 Å². The van der Waals surface area contributed by atoms with Crippen molar-refractivity contribution in [2.75, 3.05) is 24.3 Å². The number of Topliss-reactive ketones (excluding diaryl/α,β-unsaturated/α-hetero) is 1. The van der Waals surface area contributed by atoms with E-state index >= 15 is 4.79 Å². The Kier molecular flexibility index (Phi) is 4.53. The van der Waals surface area contributed by atoms with Gasteiger partial charge < -0.3 is 15.4 Å². The lowest BCUT2D eigenvalue weighted by Gasteiger charge is -2.51. The van der Waals surface area contributed by atoms with Crippen molar-refractivity contribution in [3.63, 3.8) is 0 Å². The molecule has 0 bridgehead atoms. The molecule has 1 saturated carbocycles. The predicted octanol–water partition coefficient (Wildman–Crippen LogP) is 5.03. The average Bonchev–Trinajstić information content (AvgIpc) is 3.69. The Labute approximate surface area is 222 Å². The van der Waals surface area contributed by atoms with Crippen LogP contribution >= 0.6 is 0 Å². The average molecular weight is 506 g/mol. The van der Waals surface area contributed by atoms with E-state index < -0.39 is 11.0 Å². The van der Waals surface area contributed by atoms with E-state index in [0.717, 1.165) is 54.1 Å². The molecule has 6 nitrogen and oxygen atoms in total. The number of amides is 1. The number of hydrogen-bond acceptors (Lipinski definition) is 5. The number of anilines is 2. The van der Waals surface area contributed by atoms with Gasteiger partial charge in [0.25, 0.3) is 5.91 Å². The maximum Gasteiger partial charge on any atom is 0.250 e. The van der Waals surface area contributed by atoms with Crippen molar-refractivity contribution in [2.24, 2.45) is 5.41 Å². The molecule has 3 aromatic carbocycles. The summed E-state index contributed by atoms with van der Waals surface area (Å²) < 4.78 is 5.47. The zero-order valence-electron chi connectivity index (χ0n) is 21.4. The molecular weight excluding hydrogens is 474 g/mol. The molecule has 2 N–H and O–H groups in total. The van der Waals surface area contributed by atoms with Gasteiger partial charge in [-0.1, -0.05) is 48.5 Å².